The van der Waals surface area contributed by atoms with Crippen LogP contribution in [0.1, 0.15) is 65.6 Å². The summed E-state index contributed by atoms with van der Waals surface area (Å²) in [5, 5.41) is 9.31. The number of hydrogen-bond donors (Lipinski definition) is 1. The molecular weight excluding hydrogens is 507 g/mol. The van der Waals surface area contributed by atoms with Gasteiger partial charge in [0.2, 0.25) is 0 Å². The highest BCUT2D eigenvalue weighted by molar-refractivity contribution is 5.94. The number of anilines is 1. The number of hydrogen-bond acceptors (Lipinski definition) is 4. The highest BCUT2D eigenvalue weighted by atomic mass is 19.1. The first-order valence-electron chi connectivity index (χ1n) is 14.1. The first kappa shape index (κ1) is 24.8. The molecule has 7 nitrogen and oxygen atoms in total. The first-order valence-corrected chi connectivity index (χ1v) is 14.1. The Morgan fingerprint density at radius 2 is 1.85 bits per heavy atom. The van der Waals surface area contributed by atoms with Gasteiger partial charge in [0, 0.05) is 54.1 Å². The maximum Gasteiger partial charge on any atom is 0.308 e. The van der Waals surface area contributed by atoms with Gasteiger partial charge in [0.15, 0.2) is 0 Å². The fourth-order valence-corrected chi connectivity index (χ4v) is 6.35. The summed E-state index contributed by atoms with van der Waals surface area (Å²) >= 11 is 0. The molecule has 40 heavy (non-hydrogen) atoms. The Labute approximate surface area is 231 Å². The van der Waals surface area contributed by atoms with Crippen molar-refractivity contribution in [3.63, 3.8) is 0 Å². The summed E-state index contributed by atoms with van der Waals surface area (Å²) in [6.07, 6.45) is 5.35. The Morgan fingerprint density at radius 3 is 2.60 bits per heavy atom. The fourth-order valence-electron chi connectivity index (χ4n) is 6.35. The molecule has 3 aliphatic rings. The van der Waals surface area contributed by atoms with Gasteiger partial charge in [0.05, 0.1) is 12.0 Å². The molecule has 2 aromatic heterocycles. The number of carboxylic acids is 1. The number of carboxylic acid groups (broad SMARTS) is 1. The largest absolute Gasteiger partial charge is 0.481 e. The van der Waals surface area contributed by atoms with Crippen LogP contribution in [0.4, 0.5) is 10.1 Å². The Bertz CT molecular complexity index is 1660. The van der Waals surface area contributed by atoms with Crippen LogP contribution in [0.2, 0.25) is 0 Å². The Morgan fingerprint density at radius 1 is 1.02 bits per heavy atom. The number of nitrogens with zero attached hydrogens (tertiary/aromatic N) is 4. The van der Waals surface area contributed by atoms with Gasteiger partial charge in [-0.25, -0.2) is 9.37 Å². The number of benzene rings is 2. The van der Waals surface area contributed by atoms with E-state index in [4.69, 9.17) is 4.98 Å². The van der Waals surface area contributed by atoms with Gasteiger partial charge in [-0.15, -0.1) is 0 Å². The van der Waals surface area contributed by atoms with E-state index in [1.165, 1.54) is 17.2 Å². The molecule has 4 aromatic rings. The molecule has 1 amide bonds. The maximum atomic E-state index is 15.4. The second kappa shape index (κ2) is 9.47. The van der Waals surface area contributed by atoms with Gasteiger partial charge in [-0.2, -0.15) is 0 Å². The van der Waals surface area contributed by atoms with Crippen LogP contribution in [0.15, 0.2) is 60.8 Å². The average Bonchev–Trinajstić information content (AvgIpc) is 3.51. The standard InChI is InChI=1S/C32H31FN4O3/c1-19-26-5-3-2-4-20(26)11-13-36(19)31(38)29-16-25-14-23(18-37(25)30(34-29)21-6-7-21)27-9-8-24(15-28(27)33)35-12-10-22(17-35)32(39)40/h2-5,8-9,14-16,18-19,21-22H,6-7,10-13,17H2,1H3,(H,39,40)/t19-,22+/m1/s1. The van der Waals surface area contributed by atoms with E-state index in [-0.39, 0.29) is 17.8 Å². The summed E-state index contributed by atoms with van der Waals surface area (Å²) in [5.74, 6) is -0.518. The number of aliphatic carboxylic acids is 1. The van der Waals surface area contributed by atoms with Crippen molar-refractivity contribution in [1.82, 2.24) is 14.3 Å². The number of carbonyl (C=O) groups is 2. The van der Waals surface area contributed by atoms with Gasteiger partial charge in [0.1, 0.15) is 17.3 Å². The van der Waals surface area contributed by atoms with Crippen LogP contribution in [0.25, 0.3) is 16.6 Å². The Kier molecular flexibility index (Phi) is 5.87. The van der Waals surface area contributed by atoms with Crippen LogP contribution in [-0.4, -0.2) is 50.9 Å². The third-order valence-corrected chi connectivity index (χ3v) is 8.80. The molecule has 2 atom stereocenters. The van der Waals surface area contributed by atoms with E-state index in [1.807, 2.05) is 50.7 Å². The highest BCUT2D eigenvalue weighted by Gasteiger charge is 2.33. The van der Waals surface area contributed by atoms with E-state index in [0.717, 1.165) is 36.2 Å². The lowest BCUT2D eigenvalue weighted by Crippen LogP contribution is -2.39. The van der Waals surface area contributed by atoms with Gasteiger partial charge in [-0.1, -0.05) is 24.3 Å². The minimum atomic E-state index is -0.808. The molecule has 2 aromatic carbocycles. The van der Waals surface area contributed by atoms with Crippen molar-refractivity contribution in [1.29, 1.82) is 0 Å². The molecule has 2 fully saturated rings. The van der Waals surface area contributed by atoms with Crippen LogP contribution in [0.3, 0.4) is 0 Å². The summed E-state index contributed by atoms with van der Waals surface area (Å²) in [4.78, 5) is 33.8. The Hall–Kier alpha value is -4.20. The molecule has 0 unspecified atom stereocenters. The quantitative estimate of drug-likeness (QED) is 0.353. The van der Waals surface area contributed by atoms with E-state index >= 15 is 4.39 Å². The number of rotatable bonds is 5. The first-order chi connectivity index (χ1) is 19.4. The summed E-state index contributed by atoms with van der Waals surface area (Å²) in [6.45, 7) is 3.71. The summed E-state index contributed by atoms with van der Waals surface area (Å²) in [5.41, 5.74) is 5.62. The van der Waals surface area contributed by atoms with Crippen molar-refractivity contribution >= 4 is 23.1 Å². The summed E-state index contributed by atoms with van der Waals surface area (Å²) < 4.78 is 17.4. The predicted octanol–water partition coefficient (Wildman–Crippen LogP) is 5.69. The number of aromatic nitrogens is 2. The van der Waals surface area contributed by atoms with Crippen molar-refractivity contribution < 1.29 is 19.1 Å². The molecule has 8 heteroatoms. The van der Waals surface area contributed by atoms with E-state index in [2.05, 4.69) is 19.1 Å². The topological polar surface area (TPSA) is 78.2 Å². The molecule has 7 rings (SSSR count). The summed E-state index contributed by atoms with van der Waals surface area (Å²) in [6, 6.07) is 17.1. The van der Waals surface area contributed by atoms with Crippen LogP contribution in [-0.2, 0) is 11.2 Å². The van der Waals surface area contributed by atoms with E-state index in [0.29, 0.717) is 48.9 Å². The van der Waals surface area contributed by atoms with Crippen LogP contribution >= 0.6 is 0 Å². The SMILES string of the molecule is C[C@@H]1c2ccccc2CCN1C(=O)c1cc2cc(-c3ccc(N4CC[C@H](C(=O)O)C4)cc3F)cn2c(C2CC2)n1. The zero-order chi connectivity index (χ0) is 27.5. The third-order valence-electron chi connectivity index (χ3n) is 8.80. The van der Waals surface area contributed by atoms with Crippen molar-refractivity contribution in [3.05, 3.63) is 89.3 Å². The van der Waals surface area contributed by atoms with E-state index in [1.54, 1.807) is 6.07 Å². The molecule has 4 heterocycles. The lowest BCUT2D eigenvalue weighted by Gasteiger charge is -2.35. The predicted molar refractivity (Wildman–Crippen MR) is 150 cm³/mol. The van der Waals surface area contributed by atoms with Gasteiger partial charge in [0.25, 0.3) is 5.91 Å². The van der Waals surface area contributed by atoms with Gasteiger partial charge in [-0.3, -0.25) is 9.59 Å². The number of amides is 1. The van der Waals surface area contributed by atoms with Crippen LogP contribution < -0.4 is 4.90 Å². The number of carbonyl (C=O) groups excluding carboxylic acids is 1. The smallest absolute Gasteiger partial charge is 0.308 e. The minimum absolute atomic E-state index is 0.0313. The number of fused-ring (bicyclic) bond motifs is 2. The van der Waals surface area contributed by atoms with E-state index < -0.39 is 11.9 Å². The van der Waals surface area contributed by atoms with Crippen molar-refractivity contribution in [3.8, 4) is 11.1 Å². The molecule has 0 bridgehead atoms. The normalized spacial score (nSPS) is 20.6. The fraction of sp³-hybridized carbons (Fsp3) is 0.344. The molecule has 1 saturated heterocycles. The summed E-state index contributed by atoms with van der Waals surface area (Å²) in [7, 11) is 0. The van der Waals surface area contributed by atoms with Gasteiger partial charge in [-0.05, 0) is 74.1 Å². The van der Waals surface area contributed by atoms with Gasteiger partial charge < -0.3 is 19.3 Å². The molecule has 1 N–H and O–H groups in total. The minimum Gasteiger partial charge on any atom is -0.481 e. The second-order valence-electron chi connectivity index (χ2n) is 11.4. The van der Waals surface area contributed by atoms with Crippen LogP contribution in [0.5, 0.6) is 0 Å². The zero-order valence-corrected chi connectivity index (χ0v) is 22.4. The molecule has 1 saturated carbocycles. The highest BCUT2D eigenvalue weighted by Crippen LogP contribution is 2.41. The molecule has 0 radical (unpaired) electrons. The molecule has 2 aliphatic heterocycles. The van der Waals surface area contributed by atoms with Crippen molar-refractivity contribution in [2.45, 2.75) is 44.6 Å². The lowest BCUT2D eigenvalue weighted by atomic mass is 9.93. The third kappa shape index (κ3) is 4.22. The van der Waals surface area contributed by atoms with Gasteiger partial charge >= 0.3 is 5.97 Å². The zero-order valence-electron chi connectivity index (χ0n) is 22.4. The molecule has 204 valence electrons. The number of halogens is 1. The molecule has 1 aliphatic carbocycles. The molecule has 0 spiro atoms. The lowest BCUT2D eigenvalue weighted by molar-refractivity contribution is -0.140. The Balaban J connectivity index is 1.21. The maximum absolute atomic E-state index is 15.4. The van der Waals surface area contributed by atoms with E-state index in [9.17, 15) is 14.7 Å². The van der Waals surface area contributed by atoms with Crippen molar-refractivity contribution in [2.75, 3.05) is 24.5 Å². The van der Waals surface area contributed by atoms with Crippen molar-refractivity contribution in [2.24, 2.45) is 5.92 Å². The molecular formula is C32H31FN4O3. The second-order valence-corrected chi connectivity index (χ2v) is 11.4. The average molecular weight is 539 g/mol. The van der Waals surface area contributed by atoms with Crippen LogP contribution in [0, 0.1) is 11.7 Å². The monoisotopic (exact) mass is 538 g/mol.